The quantitative estimate of drug-likeness (QED) is 0.628. The fourth-order valence-electron chi connectivity index (χ4n) is 1.43. The average molecular weight is 221 g/mol. The molecule has 0 spiro atoms. The zero-order valence-corrected chi connectivity index (χ0v) is 9.35. The number of ether oxygens (including phenoxy) is 1. The number of unbranched alkanes of at least 4 members (excludes halogenated alkanes) is 3. The van der Waals surface area contributed by atoms with Crippen molar-refractivity contribution in [2.75, 3.05) is 6.61 Å². The lowest BCUT2D eigenvalue weighted by molar-refractivity contribution is -0.305. The number of aliphatic carboxylic acids is 1. The van der Waals surface area contributed by atoms with Crippen LogP contribution in [0.1, 0.15) is 32.1 Å². The van der Waals surface area contributed by atoms with Gasteiger partial charge in [0.2, 0.25) is 0 Å². The Morgan fingerprint density at radius 2 is 1.75 bits per heavy atom. The molecule has 0 N–H and O–H groups in total. The van der Waals surface area contributed by atoms with E-state index in [1.807, 2.05) is 30.3 Å². The van der Waals surface area contributed by atoms with Gasteiger partial charge in [-0.05, 0) is 31.4 Å². The van der Waals surface area contributed by atoms with Gasteiger partial charge in [-0.25, -0.2) is 0 Å². The van der Waals surface area contributed by atoms with Crippen LogP contribution in [0.25, 0.3) is 0 Å². The van der Waals surface area contributed by atoms with E-state index in [4.69, 9.17) is 4.74 Å². The Hall–Kier alpha value is -1.51. The van der Waals surface area contributed by atoms with Crippen LogP contribution >= 0.6 is 0 Å². The Kier molecular flexibility index (Phi) is 6.07. The van der Waals surface area contributed by atoms with Crippen LogP contribution in [0.15, 0.2) is 30.3 Å². The molecule has 0 saturated carbocycles. The lowest BCUT2D eigenvalue weighted by Gasteiger charge is -2.05. The van der Waals surface area contributed by atoms with Gasteiger partial charge in [0.05, 0.1) is 6.61 Å². The van der Waals surface area contributed by atoms with Gasteiger partial charge < -0.3 is 14.6 Å². The summed E-state index contributed by atoms with van der Waals surface area (Å²) in [4.78, 5) is 10.1. The van der Waals surface area contributed by atoms with E-state index in [1.54, 1.807) is 0 Å². The van der Waals surface area contributed by atoms with Crippen molar-refractivity contribution in [2.24, 2.45) is 0 Å². The summed E-state index contributed by atoms with van der Waals surface area (Å²) in [5.74, 6) is -0.0715. The topological polar surface area (TPSA) is 49.4 Å². The molecule has 0 unspecified atom stereocenters. The zero-order valence-electron chi connectivity index (χ0n) is 9.35. The van der Waals surface area contributed by atoms with Gasteiger partial charge in [0.1, 0.15) is 5.75 Å². The van der Waals surface area contributed by atoms with Crippen molar-refractivity contribution in [1.82, 2.24) is 0 Å². The van der Waals surface area contributed by atoms with E-state index < -0.39 is 5.97 Å². The second-order valence-corrected chi connectivity index (χ2v) is 3.70. The van der Waals surface area contributed by atoms with Crippen LogP contribution in [0, 0.1) is 0 Å². The summed E-state index contributed by atoms with van der Waals surface area (Å²) in [5.41, 5.74) is 0. The van der Waals surface area contributed by atoms with Gasteiger partial charge in [0.25, 0.3) is 0 Å². The minimum absolute atomic E-state index is 0.166. The third kappa shape index (κ3) is 6.06. The average Bonchev–Trinajstić information content (AvgIpc) is 2.29. The van der Waals surface area contributed by atoms with E-state index >= 15 is 0 Å². The Labute approximate surface area is 96.1 Å². The van der Waals surface area contributed by atoms with Gasteiger partial charge in [0.15, 0.2) is 0 Å². The van der Waals surface area contributed by atoms with Gasteiger partial charge in [-0.15, -0.1) is 0 Å². The molecule has 0 fully saturated rings. The molecule has 0 atom stereocenters. The summed E-state index contributed by atoms with van der Waals surface area (Å²) in [6, 6.07) is 9.68. The summed E-state index contributed by atoms with van der Waals surface area (Å²) in [6.45, 7) is 0.690. The van der Waals surface area contributed by atoms with E-state index in [1.165, 1.54) is 0 Å². The van der Waals surface area contributed by atoms with Gasteiger partial charge >= 0.3 is 0 Å². The van der Waals surface area contributed by atoms with Crippen LogP contribution in [-0.4, -0.2) is 12.6 Å². The summed E-state index contributed by atoms with van der Waals surface area (Å²) in [6.07, 6.45) is 3.75. The molecule has 3 nitrogen and oxygen atoms in total. The number of carboxylic acid groups (broad SMARTS) is 1. The first-order valence-electron chi connectivity index (χ1n) is 5.67. The van der Waals surface area contributed by atoms with Crippen molar-refractivity contribution in [2.45, 2.75) is 32.1 Å². The van der Waals surface area contributed by atoms with Crippen LogP contribution in [0.3, 0.4) is 0 Å². The fourth-order valence-corrected chi connectivity index (χ4v) is 1.43. The molecule has 0 aromatic heterocycles. The Morgan fingerprint density at radius 1 is 1.06 bits per heavy atom. The summed E-state index contributed by atoms with van der Waals surface area (Å²) in [7, 11) is 0. The molecule has 0 radical (unpaired) electrons. The first-order chi connectivity index (χ1) is 7.79. The standard InChI is InChI=1S/C13H18O3/c14-13(15)10-6-1-2-7-11-16-12-8-4-3-5-9-12/h3-5,8-9H,1-2,6-7,10-11H2,(H,14,15)/p-1. The van der Waals surface area contributed by atoms with Crippen LogP contribution in [0.4, 0.5) is 0 Å². The van der Waals surface area contributed by atoms with Crippen molar-refractivity contribution in [1.29, 1.82) is 0 Å². The molecule has 0 aliphatic heterocycles. The van der Waals surface area contributed by atoms with Crippen LogP contribution < -0.4 is 9.84 Å². The highest BCUT2D eigenvalue weighted by atomic mass is 16.5. The van der Waals surface area contributed by atoms with E-state index in [0.717, 1.165) is 25.0 Å². The van der Waals surface area contributed by atoms with Crippen molar-refractivity contribution in [3.63, 3.8) is 0 Å². The maximum Gasteiger partial charge on any atom is 0.119 e. The Bertz CT molecular complexity index is 295. The lowest BCUT2D eigenvalue weighted by atomic mass is 10.1. The lowest BCUT2D eigenvalue weighted by Crippen LogP contribution is -2.21. The number of carboxylic acids is 1. The molecule has 0 aliphatic rings. The third-order valence-electron chi connectivity index (χ3n) is 2.29. The molecule has 0 saturated heterocycles. The van der Waals surface area contributed by atoms with Crippen LogP contribution in [-0.2, 0) is 4.79 Å². The Morgan fingerprint density at radius 3 is 2.44 bits per heavy atom. The Balaban J connectivity index is 1.94. The molecular weight excluding hydrogens is 204 g/mol. The highest BCUT2D eigenvalue weighted by molar-refractivity contribution is 5.63. The van der Waals surface area contributed by atoms with Gasteiger partial charge in [-0.1, -0.05) is 31.0 Å². The van der Waals surface area contributed by atoms with Crippen molar-refractivity contribution < 1.29 is 14.6 Å². The number of hydrogen-bond donors (Lipinski definition) is 0. The number of carbonyl (C=O) groups excluding carboxylic acids is 1. The van der Waals surface area contributed by atoms with Crippen molar-refractivity contribution >= 4 is 5.97 Å². The van der Waals surface area contributed by atoms with E-state index in [0.29, 0.717) is 13.0 Å². The van der Waals surface area contributed by atoms with Crippen LogP contribution in [0.5, 0.6) is 5.75 Å². The SMILES string of the molecule is O=C([O-])CCCCCCOc1ccccc1. The molecule has 0 bridgehead atoms. The number of para-hydroxylation sites is 1. The van der Waals surface area contributed by atoms with Crippen LogP contribution in [0.2, 0.25) is 0 Å². The maximum absolute atomic E-state index is 10.1. The maximum atomic E-state index is 10.1. The number of rotatable bonds is 8. The zero-order chi connectivity index (χ0) is 11.6. The number of carbonyl (C=O) groups is 1. The summed E-state index contributed by atoms with van der Waals surface area (Å²) >= 11 is 0. The van der Waals surface area contributed by atoms with E-state index in [9.17, 15) is 9.90 Å². The van der Waals surface area contributed by atoms with E-state index in [2.05, 4.69) is 0 Å². The minimum atomic E-state index is -0.958. The molecule has 1 aromatic rings. The molecule has 1 rings (SSSR count). The second-order valence-electron chi connectivity index (χ2n) is 3.70. The molecule has 3 heteroatoms. The van der Waals surface area contributed by atoms with E-state index in [-0.39, 0.29) is 6.42 Å². The summed E-state index contributed by atoms with van der Waals surface area (Å²) < 4.78 is 5.50. The minimum Gasteiger partial charge on any atom is -0.550 e. The predicted octanol–water partition coefficient (Wildman–Crippen LogP) is 1.77. The highest BCUT2D eigenvalue weighted by Gasteiger charge is 1.93. The third-order valence-corrected chi connectivity index (χ3v) is 2.29. The molecule has 88 valence electrons. The van der Waals surface area contributed by atoms with Gasteiger partial charge in [-0.2, -0.15) is 0 Å². The molecule has 0 amide bonds. The second kappa shape index (κ2) is 7.74. The molecule has 0 aliphatic carbocycles. The fraction of sp³-hybridized carbons (Fsp3) is 0.462. The first kappa shape index (κ1) is 12.6. The molecular formula is C13H17O3-. The number of hydrogen-bond acceptors (Lipinski definition) is 3. The normalized spacial score (nSPS) is 10.0. The van der Waals surface area contributed by atoms with Crippen molar-refractivity contribution in [3.05, 3.63) is 30.3 Å². The predicted molar refractivity (Wildman–Crippen MR) is 60.0 cm³/mol. The first-order valence-corrected chi connectivity index (χ1v) is 5.67. The molecule has 0 heterocycles. The summed E-state index contributed by atoms with van der Waals surface area (Å²) in [5, 5.41) is 10.1. The molecule has 1 aromatic carbocycles. The highest BCUT2D eigenvalue weighted by Crippen LogP contribution is 2.09. The van der Waals surface area contributed by atoms with Crippen molar-refractivity contribution in [3.8, 4) is 5.75 Å². The van der Waals surface area contributed by atoms with Gasteiger partial charge in [-0.3, -0.25) is 0 Å². The smallest absolute Gasteiger partial charge is 0.119 e. The molecule has 16 heavy (non-hydrogen) atoms. The van der Waals surface area contributed by atoms with Gasteiger partial charge in [0, 0.05) is 5.97 Å². The number of benzene rings is 1. The monoisotopic (exact) mass is 221 g/mol. The largest absolute Gasteiger partial charge is 0.550 e.